The lowest BCUT2D eigenvalue weighted by molar-refractivity contribution is -0.131. The highest BCUT2D eigenvalue weighted by atomic mass is 16.4. The van der Waals surface area contributed by atoms with Gasteiger partial charge >= 0.3 is 5.97 Å². The van der Waals surface area contributed by atoms with E-state index < -0.39 is 23.7 Å². The van der Waals surface area contributed by atoms with Gasteiger partial charge < -0.3 is 5.11 Å². The van der Waals surface area contributed by atoms with Crippen LogP contribution in [0, 0.1) is 0 Å². The van der Waals surface area contributed by atoms with Crippen LogP contribution in [0.15, 0.2) is 54.6 Å². The highest BCUT2D eigenvalue weighted by Gasteiger charge is 2.30. The number of hydrogen-bond acceptors (Lipinski definition) is 4. The molecule has 0 saturated carbocycles. The molecular weight excluding hydrogens is 324 g/mol. The van der Waals surface area contributed by atoms with E-state index in [4.69, 9.17) is 5.11 Å². The Morgan fingerprint density at radius 1 is 0.760 bits per heavy atom. The van der Waals surface area contributed by atoms with Crippen molar-refractivity contribution in [2.24, 2.45) is 0 Å². The van der Waals surface area contributed by atoms with E-state index in [1.54, 1.807) is 30.3 Å². The molecule has 2 aromatic rings. The summed E-state index contributed by atoms with van der Waals surface area (Å²) in [6, 6.07) is 13.4. The number of benzene rings is 2. The molecule has 0 fully saturated rings. The SMILES string of the molecule is CC(=O)N(C(=O)c1ccc(C(=O)O)cc1)N(C(C)=O)c1ccccc1. The first-order chi connectivity index (χ1) is 11.8. The maximum atomic E-state index is 12.8. The largest absolute Gasteiger partial charge is 0.478 e. The topological polar surface area (TPSA) is 95.0 Å². The molecule has 0 bridgehead atoms. The van der Waals surface area contributed by atoms with Gasteiger partial charge in [-0.1, -0.05) is 18.2 Å². The number of aromatic carboxylic acids is 1. The van der Waals surface area contributed by atoms with E-state index in [1.807, 2.05) is 0 Å². The second kappa shape index (κ2) is 7.39. The predicted octanol–water partition coefficient (Wildman–Crippen LogP) is 2.34. The average molecular weight is 340 g/mol. The zero-order valence-corrected chi connectivity index (χ0v) is 13.7. The molecule has 2 rings (SSSR count). The van der Waals surface area contributed by atoms with Gasteiger partial charge in [-0.25, -0.2) is 9.80 Å². The summed E-state index contributed by atoms with van der Waals surface area (Å²) in [5.74, 6) is -3.02. The number of rotatable bonds is 3. The average Bonchev–Trinajstić information content (AvgIpc) is 2.59. The minimum absolute atomic E-state index is 0.0115. The summed E-state index contributed by atoms with van der Waals surface area (Å²) in [4.78, 5) is 47.8. The molecule has 1 N–H and O–H groups in total. The molecule has 0 atom stereocenters. The predicted molar refractivity (Wildman–Crippen MR) is 89.9 cm³/mol. The third kappa shape index (κ3) is 3.89. The number of para-hydroxylation sites is 1. The van der Waals surface area contributed by atoms with Gasteiger partial charge in [0.2, 0.25) is 11.8 Å². The van der Waals surface area contributed by atoms with Crippen LogP contribution in [0.5, 0.6) is 0 Å². The fourth-order valence-electron chi connectivity index (χ4n) is 2.26. The molecule has 0 aliphatic rings. The van der Waals surface area contributed by atoms with E-state index in [2.05, 4.69) is 0 Å². The van der Waals surface area contributed by atoms with Crippen LogP contribution in [0.4, 0.5) is 5.69 Å². The second-order valence-electron chi connectivity index (χ2n) is 5.18. The number of anilines is 1. The van der Waals surface area contributed by atoms with Gasteiger partial charge in [-0.05, 0) is 36.4 Å². The van der Waals surface area contributed by atoms with Gasteiger partial charge in [0.15, 0.2) is 0 Å². The zero-order chi connectivity index (χ0) is 18.6. The number of carbonyl (C=O) groups is 4. The molecule has 7 heteroatoms. The Morgan fingerprint density at radius 3 is 1.72 bits per heavy atom. The molecule has 0 unspecified atom stereocenters. The maximum Gasteiger partial charge on any atom is 0.335 e. The minimum atomic E-state index is -1.13. The molecule has 3 amide bonds. The highest BCUT2D eigenvalue weighted by molar-refractivity contribution is 6.09. The lowest BCUT2D eigenvalue weighted by Crippen LogP contribution is -2.51. The van der Waals surface area contributed by atoms with E-state index in [0.29, 0.717) is 5.69 Å². The highest BCUT2D eigenvalue weighted by Crippen LogP contribution is 2.19. The summed E-state index contributed by atoms with van der Waals surface area (Å²) in [7, 11) is 0. The van der Waals surface area contributed by atoms with Crippen molar-refractivity contribution >= 4 is 29.4 Å². The Labute approximate surface area is 144 Å². The van der Waals surface area contributed by atoms with Crippen molar-refractivity contribution in [3.63, 3.8) is 0 Å². The fourth-order valence-corrected chi connectivity index (χ4v) is 2.26. The Bertz CT molecular complexity index is 815. The standard InChI is InChI=1S/C18H16N2O5/c1-12(21)19(16-6-4-3-5-7-16)20(13(2)22)17(23)14-8-10-15(11-9-14)18(24)25/h3-11H,1-2H3,(H,24,25). The third-order valence-corrected chi connectivity index (χ3v) is 3.37. The quantitative estimate of drug-likeness (QED) is 0.865. The number of carboxylic acid groups (broad SMARTS) is 1. The van der Waals surface area contributed by atoms with Gasteiger partial charge in [0, 0.05) is 19.4 Å². The monoisotopic (exact) mass is 340 g/mol. The van der Waals surface area contributed by atoms with Crippen molar-refractivity contribution in [2.75, 3.05) is 5.01 Å². The first-order valence-corrected chi connectivity index (χ1v) is 7.37. The van der Waals surface area contributed by atoms with Gasteiger partial charge in [0.25, 0.3) is 5.91 Å². The van der Waals surface area contributed by atoms with E-state index in [9.17, 15) is 19.2 Å². The van der Waals surface area contributed by atoms with Gasteiger partial charge in [-0.2, -0.15) is 5.01 Å². The molecule has 0 saturated heterocycles. The summed E-state index contributed by atoms with van der Waals surface area (Å²) >= 11 is 0. The number of hydrazine groups is 1. The molecule has 25 heavy (non-hydrogen) atoms. The van der Waals surface area contributed by atoms with Crippen LogP contribution in [-0.2, 0) is 9.59 Å². The molecule has 2 aromatic carbocycles. The zero-order valence-electron chi connectivity index (χ0n) is 13.7. The van der Waals surface area contributed by atoms with Gasteiger partial charge in [0.05, 0.1) is 11.3 Å². The van der Waals surface area contributed by atoms with Crippen molar-refractivity contribution in [3.8, 4) is 0 Å². The number of imide groups is 1. The summed E-state index contributed by atoms with van der Waals surface area (Å²) in [5, 5.41) is 10.6. The first kappa shape index (κ1) is 17.9. The van der Waals surface area contributed by atoms with Crippen LogP contribution in [0.2, 0.25) is 0 Å². The number of carboxylic acids is 1. The van der Waals surface area contributed by atoms with Crippen LogP contribution in [0.3, 0.4) is 0 Å². The molecule has 7 nitrogen and oxygen atoms in total. The summed E-state index contributed by atoms with van der Waals surface area (Å²) in [6.07, 6.45) is 0. The molecule has 128 valence electrons. The number of carbonyl (C=O) groups excluding carboxylic acids is 3. The Kier molecular flexibility index (Phi) is 5.28. The Hall–Kier alpha value is -3.48. The number of nitrogens with zero attached hydrogens (tertiary/aromatic N) is 2. The van der Waals surface area contributed by atoms with Crippen molar-refractivity contribution < 1.29 is 24.3 Å². The molecular formula is C18H16N2O5. The Morgan fingerprint density at radius 2 is 1.28 bits per heavy atom. The van der Waals surface area contributed by atoms with E-state index in [0.717, 1.165) is 10.0 Å². The van der Waals surface area contributed by atoms with Crippen LogP contribution < -0.4 is 5.01 Å². The number of hydrogen-bond donors (Lipinski definition) is 1. The van der Waals surface area contributed by atoms with Gasteiger partial charge in [-0.3, -0.25) is 14.4 Å². The molecule has 0 heterocycles. The molecule has 0 aromatic heterocycles. The summed E-state index contributed by atoms with van der Waals surface area (Å²) in [6.45, 7) is 2.41. The van der Waals surface area contributed by atoms with Gasteiger partial charge in [-0.15, -0.1) is 0 Å². The molecule has 0 spiro atoms. The Balaban J connectivity index is 2.45. The van der Waals surface area contributed by atoms with Crippen molar-refractivity contribution in [1.29, 1.82) is 0 Å². The van der Waals surface area contributed by atoms with Crippen molar-refractivity contribution in [1.82, 2.24) is 5.01 Å². The van der Waals surface area contributed by atoms with Crippen LogP contribution in [-0.4, -0.2) is 33.8 Å². The third-order valence-electron chi connectivity index (χ3n) is 3.37. The smallest absolute Gasteiger partial charge is 0.335 e. The lowest BCUT2D eigenvalue weighted by atomic mass is 10.1. The normalized spacial score (nSPS) is 10.0. The van der Waals surface area contributed by atoms with Crippen LogP contribution in [0.1, 0.15) is 34.6 Å². The molecule has 0 aliphatic heterocycles. The summed E-state index contributed by atoms with van der Waals surface area (Å²) < 4.78 is 0. The van der Waals surface area contributed by atoms with Crippen LogP contribution >= 0.6 is 0 Å². The second-order valence-corrected chi connectivity index (χ2v) is 5.18. The van der Waals surface area contributed by atoms with E-state index in [1.165, 1.54) is 38.1 Å². The maximum absolute atomic E-state index is 12.8. The molecule has 0 radical (unpaired) electrons. The van der Waals surface area contributed by atoms with Crippen molar-refractivity contribution in [2.45, 2.75) is 13.8 Å². The van der Waals surface area contributed by atoms with Crippen LogP contribution in [0.25, 0.3) is 0 Å². The lowest BCUT2D eigenvalue weighted by Gasteiger charge is -2.31. The van der Waals surface area contributed by atoms with E-state index in [-0.39, 0.29) is 11.1 Å². The van der Waals surface area contributed by atoms with Crippen molar-refractivity contribution in [3.05, 3.63) is 65.7 Å². The minimum Gasteiger partial charge on any atom is -0.478 e. The number of amides is 3. The molecule has 0 aliphatic carbocycles. The fraction of sp³-hybridized carbons (Fsp3) is 0.111. The van der Waals surface area contributed by atoms with E-state index >= 15 is 0 Å². The first-order valence-electron chi connectivity index (χ1n) is 7.37. The van der Waals surface area contributed by atoms with Gasteiger partial charge in [0.1, 0.15) is 0 Å². The summed E-state index contributed by atoms with van der Waals surface area (Å²) in [5.41, 5.74) is 0.459.